The van der Waals surface area contributed by atoms with Gasteiger partial charge in [0.25, 0.3) is 0 Å². The fourth-order valence-corrected chi connectivity index (χ4v) is 3.66. The molecule has 2 atom stereocenters. The molecule has 1 saturated heterocycles. The SMILES string of the molecule is CCC(=O)N(c1ccccc1)[C@@H]1CCN(CCc2ccccc2)C[C@H]1F. The summed E-state index contributed by atoms with van der Waals surface area (Å²) in [6, 6.07) is 19.4. The zero-order valence-electron chi connectivity index (χ0n) is 15.4. The molecule has 4 heteroatoms. The maximum atomic E-state index is 15.0. The second-order valence-corrected chi connectivity index (χ2v) is 6.86. The molecule has 3 rings (SSSR count). The third kappa shape index (κ3) is 4.50. The molecule has 2 aromatic rings. The Morgan fingerprint density at radius 1 is 1.12 bits per heavy atom. The summed E-state index contributed by atoms with van der Waals surface area (Å²) in [7, 11) is 0. The predicted molar refractivity (Wildman–Crippen MR) is 104 cm³/mol. The van der Waals surface area contributed by atoms with Gasteiger partial charge in [-0.15, -0.1) is 0 Å². The van der Waals surface area contributed by atoms with Crippen LogP contribution in [0.2, 0.25) is 0 Å². The average Bonchev–Trinajstić information content (AvgIpc) is 2.69. The summed E-state index contributed by atoms with van der Waals surface area (Å²) in [6.45, 7) is 3.89. The summed E-state index contributed by atoms with van der Waals surface area (Å²) in [4.78, 5) is 16.3. The van der Waals surface area contributed by atoms with Gasteiger partial charge in [-0.1, -0.05) is 55.5 Å². The molecule has 1 fully saturated rings. The number of anilines is 1. The first-order chi connectivity index (χ1) is 12.7. The molecule has 1 aliphatic heterocycles. The molecule has 0 saturated carbocycles. The number of likely N-dealkylation sites (tertiary alicyclic amines) is 1. The molecular formula is C22H27FN2O. The Balaban J connectivity index is 1.64. The molecule has 0 bridgehead atoms. The van der Waals surface area contributed by atoms with Crippen molar-refractivity contribution < 1.29 is 9.18 Å². The van der Waals surface area contributed by atoms with E-state index in [1.165, 1.54) is 5.56 Å². The van der Waals surface area contributed by atoms with E-state index < -0.39 is 6.17 Å². The first-order valence-electron chi connectivity index (χ1n) is 9.46. The summed E-state index contributed by atoms with van der Waals surface area (Å²) in [5.74, 6) is -0.0124. The van der Waals surface area contributed by atoms with Crippen LogP contribution in [0.3, 0.4) is 0 Å². The van der Waals surface area contributed by atoms with Crippen molar-refractivity contribution in [2.45, 2.75) is 38.4 Å². The van der Waals surface area contributed by atoms with E-state index in [0.717, 1.165) is 25.2 Å². The lowest BCUT2D eigenvalue weighted by Crippen LogP contribution is -2.54. The molecule has 26 heavy (non-hydrogen) atoms. The van der Waals surface area contributed by atoms with Gasteiger partial charge >= 0.3 is 0 Å². The third-order valence-corrected chi connectivity index (χ3v) is 5.09. The van der Waals surface area contributed by atoms with Gasteiger partial charge in [-0.3, -0.25) is 9.69 Å². The van der Waals surface area contributed by atoms with Crippen molar-refractivity contribution in [1.29, 1.82) is 0 Å². The van der Waals surface area contributed by atoms with E-state index in [1.54, 1.807) is 4.90 Å². The standard InChI is InChI=1S/C22H27FN2O/c1-2-22(26)25(19-11-7-4-8-12-19)21-14-16-24(17-20(21)23)15-13-18-9-5-3-6-10-18/h3-12,20-21H,2,13-17H2,1H3/t20-,21-/m1/s1. The molecule has 0 spiro atoms. The van der Waals surface area contributed by atoms with Gasteiger partial charge in [0.2, 0.25) is 5.91 Å². The van der Waals surface area contributed by atoms with Gasteiger partial charge in [0, 0.05) is 31.7 Å². The number of carbonyl (C=O) groups is 1. The van der Waals surface area contributed by atoms with Crippen LogP contribution in [0.25, 0.3) is 0 Å². The molecule has 0 radical (unpaired) electrons. The van der Waals surface area contributed by atoms with Crippen molar-refractivity contribution in [3.8, 4) is 0 Å². The van der Waals surface area contributed by atoms with E-state index in [2.05, 4.69) is 17.0 Å². The van der Waals surface area contributed by atoms with Crippen LogP contribution in [0, 0.1) is 0 Å². The number of hydrogen-bond donors (Lipinski definition) is 0. The van der Waals surface area contributed by atoms with Gasteiger partial charge in [-0.05, 0) is 30.5 Å². The summed E-state index contributed by atoms with van der Waals surface area (Å²) in [6.07, 6.45) is 0.941. The lowest BCUT2D eigenvalue weighted by atomic mass is 9.99. The molecule has 1 aliphatic rings. The van der Waals surface area contributed by atoms with Crippen LogP contribution in [0.1, 0.15) is 25.3 Å². The highest BCUT2D eigenvalue weighted by Crippen LogP contribution is 2.26. The van der Waals surface area contributed by atoms with Crippen LogP contribution >= 0.6 is 0 Å². The number of carbonyl (C=O) groups excluding carboxylic acids is 1. The molecule has 3 nitrogen and oxygen atoms in total. The number of piperidine rings is 1. The van der Waals surface area contributed by atoms with Gasteiger partial charge in [0.05, 0.1) is 6.04 Å². The zero-order chi connectivity index (χ0) is 18.4. The lowest BCUT2D eigenvalue weighted by molar-refractivity contribution is -0.119. The summed E-state index contributed by atoms with van der Waals surface area (Å²) < 4.78 is 15.0. The number of para-hydroxylation sites is 1. The van der Waals surface area contributed by atoms with E-state index in [-0.39, 0.29) is 11.9 Å². The average molecular weight is 354 g/mol. The minimum absolute atomic E-state index is 0.0124. The molecule has 2 aromatic carbocycles. The molecule has 0 N–H and O–H groups in total. The quantitative estimate of drug-likeness (QED) is 0.780. The highest BCUT2D eigenvalue weighted by Gasteiger charge is 2.35. The number of nitrogens with zero attached hydrogens (tertiary/aromatic N) is 2. The van der Waals surface area contributed by atoms with Crippen LogP contribution in [-0.2, 0) is 11.2 Å². The molecule has 0 unspecified atom stereocenters. The molecule has 138 valence electrons. The number of benzene rings is 2. The Morgan fingerprint density at radius 2 is 1.77 bits per heavy atom. The first-order valence-corrected chi connectivity index (χ1v) is 9.46. The van der Waals surface area contributed by atoms with Crippen molar-refractivity contribution in [3.05, 3.63) is 66.2 Å². The van der Waals surface area contributed by atoms with E-state index in [0.29, 0.717) is 19.4 Å². The van der Waals surface area contributed by atoms with Crippen molar-refractivity contribution in [3.63, 3.8) is 0 Å². The van der Waals surface area contributed by atoms with Gasteiger partial charge in [-0.25, -0.2) is 4.39 Å². The Morgan fingerprint density at radius 3 is 2.38 bits per heavy atom. The largest absolute Gasteiger partial charge is 0.306 e. The molecule has 0 aromatic heterocycles. The molecule has 1 heterocycles. The Kier molecular flexibility index (Phi) is 6.40. The maximum absolute atomic E-state index is 15.0. The van der Waals surface area contributed by atoms with Crippen LogP contribution in [-0.4, -0.2) is 42.7 Å². The zero-order valence-corrected chi connectivity index (χ0v) is 15.4. The smallest absolute Gasteiger partial charge is 0.227 e. The van der Waals surface area contributed by atoms with E-state index in [4.69, 9.17) is 0 Å². The second-order valence-electron chi connectivity index (χ2n) is 6.86. The molecule has 0 aliphatic carbocycles. The number of amides is 1. The van der Waals surface area contributed by atoms with Gasteiger partial charge in [0.15, 0.2) is 0 Å². The van der Waals surface area contributed by atoms with Crippen molar-refractivity contribution in [2.75, 3.05) is 24.5 Å². The maximum Gasteiger partial charge on any atom is 0.227 e. The lowest BCUT2D eigenvalue weighted by Gasteiger charge is -2.40. The van der Waals surface area contributed by atoms with Crippen molar-refractivity contribution in [1.82, 2.24) is 4.90 Å². The van der Waals surface area contributed by atoms with Crippen molar-refractivity contribution >= 4 is 11.6 Å². The second kappa shape index (κ2) is 8.95. The Labute approximate surface area is 155 Å². The molecular weight excluding hydrogens is 327 g/mol. The first kappa shape index (κ1) is 18.6. The highest BCUT2D eigenvalue weighted by molar-refractivity contribution is 5.93. The number of halogens is 1. The van der Waals surface area contributed by atoms with Gasteiger partial charge in [-0.2, -0.15) is 0 Å². The Hall–Kier alpha value is -2.20. The number of hydrogen-bond acceptors (Lipinski definition) is 2. The number of alkyl halides is 1. The fourth-order valence-electron chi connectivity index (χ4n) is 3.66. The minimum Gasteiger partial charge on any atom is -0.306 e. The minimum atomic E-state index is -1.03. The normalized spacial score (nSPS) is 20.7. The van der Waals surface area contributed by atoms with Crippen molar-refractivity contribution in [2.24, 2.45) is 0 Å². The fraction of sp³-hybridized carbons (Fsp3) is 0.409. The van der Waals surface area contributed by atoms with E-state index in [1.807, 2.05) is 55.5 Å². The summed E-state index contributed by atoms with van der Waals surface area (Å²) in [5, 5.41) is 0. The Bertz CT molecular complexity index is 692. The summed E-state index contributed by atoms with van der Waals surface area (Å²) >= 11 is 0. The highest BCUT2D eigenvalue weighted by atomic mass is 19.1. The number of rotatable bonds is 6. The summed E-state index contributed by atoms with van der Waals surface area (Å²) in [5.41, 5.74) is 2.07. The van der Waals surface area contributed by atoms with Gasteiger partial charge in [0.1, 0.15) is 6.17 Å². The van der Waals surface area contributed by atoms with E-state index >= 15 is 4.39 Å². The topological polar surface area (TPSA) is 23.6 Å². The van der Waals surface area contributed by atoms with Crippen LogP contribution in [0.5, 0.6) is 0 Å². The van der Waals surface area contributed by atoms with Crippen LogP contribution in [0.4, 0.5) is 10.1 Å². The van der Waals surface area contributed by atoms with Gasteiger partial charge < -0.3 is 4.90 Å². The predicted octanol–water partition coefficient (Wildman–Crippen LogP) is 4.08. The monoisotopic (exact) mass is 354 g/mol. The third-order valence-electron chi connectivity index (χ3n) is 5.09. The van der Waals surface area contributed by atoms with Crippen LogP contribution < -0.4 is 4.90 Å². The molecule has 1 amide bonds. The van der Waals surface area contributed by atoms with E-state index in [9.17, 15) is 4.79 Å². The van der Waals surface area contributed by atoms with Crippen LogP contribution in [0.15, 0.2) is 60.7 Å².